The summed E-state index contributed by atoms with van der Waals surface area (Å²) in [5, 5.41) is 7.66. The van der Waals surface area contributed by atoms with E-state index < -0.39 is 23.4 Å². The molecule has 0 aliphatic heterocycles. The van der Waals surface area contributed by atoms with Crippen molar-refractivity contribution >= 4 is 17.4 Å². The van der Waals surface area contributed by atoms with Crippen molar-refractivity contribution in [2.75, 3.05) is 0 Å². The first kappa shape index (κ1) is 18.4. The van der Waals surface area contributed by atoms with E-state index in [0.717, 1.165) is 11.8 Å². The number of rotatable bonds is 4. The van der Waals surface area contributed by atoms with Crippen LogP contribution in [0.2, 0.25) is 0 Å². The van der Waals surface area contributed by atoms with Crippen LogP contribution in [0.3, 0.4) is 0 Å². The minimum absolute atomic E-state index is 0.0688. The van der Waals surface area contributed by atoms with Crippen LogP contribution in [0.1, 0.15) is 17.0 Å². The highest BCUT2D eigenvalue weighted by atomic mass is 32.2. The first-order chi connectivity index (χ1) is 12.2. The van der Waals surface area contributed by atoms with Crippen LogP contribution < -0.4 is 5.56 Å². The highest BCUT2D eigenvalue weighted by molar-refractivity contribution is 7.97. The van der Waals surface area contributed by atoms with E-state index in [2.05, 4.69) is 10.2 Å². The second kappa shape index (κ2) is 6.71. The third-order valence-corrected chi connectivity index (χ3v) is 4.63. The quantitative estimate of drug-likeness (QED) is 0.643. The molecule has 26 heavy (non-hydrogen) atoms. The number of nitrogens with zero attached hydrogens (tertiary/aromatic N) is 4. The van der Waals surface area contributed by atoms with Crippen molar-refractivity contribution < 1.29 is 22.0 Å². The summed E-state index contributed by atoms with van der Waals surface area (Å²) in [4.78, 5) is 11.9. The van der Waals surface area contributed by atoms with Crippen molar-refractivity contribution in [3.63, 3.8) is 0 Å². The fraction of sp³-hybridized carbons (Fsp3) is 0.267. The molecule has 0 saturated carbocycles. The second-order valence-corrected chi connectivity index (χ2v) is 6.42. The van der Waals surface area contributed by atoms with E-state index in [1.807, 2.05) is 0 Å². The maximum Gasteiger partial charge on any atom is 0.419 e. The second-order valence-electron chi connectivity index (χ2n) is 5.44. The molecule has 2 heterocycles. The zero-order valence-electron chi connectivity index (χ0n) is 13.2. The SMILES string of the molecule is Cn1ccn2c(CSCc3cc(F)c(C(F)(F)F)cc3F)nnc2c1=O. The Labute approximate surface area is 147 Å². The molecule has 2 aromatic heterocycles. The van der Waals surface area contributed by atoms with Gasteiger partial charge in [0.1, 0.15) is 17.5 Å². The maximum atomic E-state index is 13.8. The molecule has 0 spiro atoms. The lowest BCUT2D eigenvalue weighted by molar-refractivity contribution is -0.140. The number of fused-ring (bicyclic) bond motifs is 1. The zero-order chi connectivity index (χ0) is 19.1. The molecule has 0 fully saturated rings. The average Bonchev–Trinajstić information content (AvgIpc) is 2.96. The van der Waals surface area contributed by atoms with Crippen LogP contribution in [0, 0.1) is 11.6 Å². The van der Waals surface area contributed by atoms with Crippen molar-refractivity contribution in [2.24, 2.45) is 7.05 Å². The Kier molecular flexibility index (Phi) is 4.74. The van der Waals surface area contributed by atoms with E-state index in [1.54, 1.807) is 13.2 Å². The fourth-order valence-corrected chi connectivity index (χ4v) is 3.21. The van der Waals surface area contributed by atoms with Gasteiger partial charge in [0.2, 0.25) is 5.65 Å². The molecule has 3 aromatic rings. The topological polar surface area (TPSA) is 52.2 Å². The Morgan fingerprint density at radius 2 is 1.81 bits per heavy atom. The third kappa shape index (κ3) is 3.43. The van der Waals surface area contributed by atoms with Gasteiger partial charge in [-0.3, -0.25) is 9.20 Å². The predicted octanol–water partition coefficient (Wildman–Crippen LogP) is 3.16. The van der Waals surface area contributed by atoms with Gasteiger partial charge in [-0.25, -0.2) is 8.78 Å². The molecule has 0 radical (unpaired) electrons. The van der Waals surface area contributed by atoms with E-state index in [-0.39, 0.29) is 34.3 Å². The molecule has 0 unspecified atom stereocenters. The normalized spacial score (nSPS) is 12.1. The Morgan fingerprint density at radius 3 is 2.50 bits per heavy atom. The van der Waals surface area contributed by atoms with E-state index in [4.69, 9.17) is 0 Å². The summed E-state index contributed by atoms with van der Waals surface area (Å²) in [5.74, 6) is -2.11. The van der Waals surface area contributed by atoms with Crippen molar-refractivity contribution in [3.05, 3.63) is 63.5 Å². The first-order valence-electron chi connectivity index (χ1n) is 7.20. The van der Waals surface area contributed by atoms with Crippen LogP contribution in [0.25, 0.3) is 5.65 Å². The number of halogens is 5. The minimum atomic E-state index is -4.96. The molecule has 3 rings (SSSR count). The van der Waals surface area contributed by atoms with Crippen molar-refractivity contribution in [3.8, 4) is 0 Å². The minimum Gasteiger partial charge on any atom is -0.314 e. The van der Waals surface area contributed by atoms with Crippen LogP contribution in [0.5, 0.6) is 0 Å². The number of hydrogen-bond donors (Lipinski definition) is 0. The molecule has 0 amide bonds. The van der Waals surface area contributed by atoms with E-state index in [0.29, 0.717) is 11.9 Å². The first-order valence-corrected chi connectivity index (χ1v) is 8.36. The number of aryl methyl sites for hydroxylation is 1. The Hall–Kier alpha value is -2.43. The highest BCUT2D eigenvalue weighted by Gasteiger charge is 2.35. The summed E-state index contributed by atoms with van der Waals surface area (Å²) in [6.07, 6.45) is -1.84. The van der Waals surface area contributed by atoms with Gasteiger partial charge in [0, 0.05) is 30.8 Å². The summed E-state index contributed by atoms with van der Waals surface area (Å²) in [6, 6.07) is 0.699. The van der Waals surface area contributed by atoms with Gasteiger partial charge in [-0.05, 0) is 12.1 Å². The highest BCUT2D eigenvalue weighted by Crippen LogP contribution is 2.33. The smallest absolute Gasteiger partial charge is 0.314 e. The van der Waals surface area contributed by atoms with Gasteiger partial charge in [-0.2, -0.15) is 13.2 Å². The van der Waals surface area contributed by atoms with Crippen molar-refractivity contribution in [1.82, 2.24) is 19.2 Å². The van der Waals surface area contributed by atoms with Crippen molar-refractivity contribution in [1.29, 1.82) is 0 Å². The fourth-order valence-electron chi connectivity index (χ4n) is 2.28. The monoisotopic (exact) mass is 390 g/mol. The lowest BCUT2D eigenvalue weighted by Gasteiger charge is -2.10. The van der Waals surface area contributed by atoms with Gasteiger partial charge in [-0.15, -0.1) is 22.0 Å². The standard InChI is InChI=1S/C15H11F5N4OS/c1-23-2-3-24-12(21-22-13(24)14(23)25)7-26-6-8-4-11(17)9(5-10(8)16)15(18,19)20/h2-5H,6-7H2,1H3. The van der Waals surface area contributed by atoms with Crippen LogP contribution in [-0.4, -0.2) is 19.2 Å². The zero-order valence-corrected chi connectivity index (χ0v) is 14.0. The van der Waals surface area contributed by atoms with Crippen LogP contribution in [0.4, 0.5) is 22.0 Å². The lowest BCUT2D eigenvalue weighted by atomic mass is 10.1. The molecular weight excluding hydrogens is 379 g/mol. The third-order valence-electron chi connectivity index (χ3n) is 3.65. The van der Waals surface area contributed by atoms with Gasteiger partial charge in [-0.1, -0.05) is 0 Å². The van der Waals surface area contributed by atoms with Crippen LogP contribution >= 0.6 is 11.8 Å². The molecule has 138 valence electrons. The summed E-state index contributed by atoms with van der Waals surface area (Å²) >= 11 is 1.11. The largest absolute Gasteiger partial charge is 0.419 e. The number of aromatic nitrogens is 4. The predicted molar refractivity (Wildman–Crippen MR) is 84.6 cm³/mol. The van der Waals surface area contributed by atoms with Crippen LogP contribution in [-0.2, 0) is 24.7 Å². The molecule has 0 N–H and O–H groups in total. The maximum absolute atomic E-state index is 13.8. The molecule has 0 aliphatic carbocycles. The molecular formula is C15H11F5N4OS. The molecule has 0 atom stereocenters. The van der Waals surface area contributed by atoms with Gasteiger partial charge in [0.15, 0.2) is 0 Å². The molecule has 0 saturated heterocycles. The van der Waals surface area contributed by atoms with Crippen molar-refractivity contribution in [2.45, 2.75) is 17.7 Å². The molecule has 0 aliphatic rings. The summed E-state index contributed by atoms with van der Waals surface area (Å²) in [5.41, 5.74) is -2.04. The summed E-state index contributed by atoms with van der Waals surface area (Å²) in [6.45, 7) is 0. The molecule has 0 bridgehead atoms. The average molecular weight is 390 g/mol. The summed E-state index contributed by atoms with van der Waals surface area (Å²) < 4.78 is 67.8. The van der Waals surface area contributed by atoms with Crippen LogP contribution in [0.15, 0.2) is 29.3 Å². The van der Waals surface area contributed by atoms with Gasteiger partial charge >= 0.3 is 6.18 Å². The van der Waals surface area contributed by atoms with E-state index >= 15 is 0 Å². The summed E-state index contributed by atoms with van der Waals surface area (Å²) in [7, 11) is 1.56. The molecule has 1 aromatic carbocycles. The van der Waals surface area contributed by atoms with Gasteiger partial charge < -0.3 is 4.57 Å². The Morgan fingerprint density at radius 1 is 1.08 bits per heavy atom. The van der Waals surface area contributed by atoms with Gasteiger partial charge in [0.25, 0.3) is 5.56 Å². The number of thioether (sulfide) groups is 1. The van der Waals surface area contributed by atoms with Gasteiger partial charge in [0.05, 0.1) is 11.3 Å². The Bertz CT molecular complexity index is 1030. The van der Waals surface area contributed by atoms with E-state index in [1.165, 1.54) is 15.2 Å². The Balaban J connectivity index is 1.76. The molecule has 11 heteroatoms. The lowest BCUT2D eigenvalue weighted by Crippen LogP contribution is -2.18. The van der Waals surface area contributed by atoms with E-state index in [9.17, 15) is 26.7 Å². The number of hydrogen-bond acceptors (Lipinski definition) is 4. The number of alkyl halides is 3. The number of benzene rings is 1. The molecule has 5 nitrogen and oxygen atoms in total.